The minimum Gasteiger partial charge on any atom is -0.337 e. The molecule has 2 aliphatic rings. The molecule has 1 aliphatic heterocycles. The zero-order valence-corrected chi connectivity index (χ0v) is 12.6. The maximum Gasteiger partial charge on any atom is 0.226 e. The summed E-state index contributed by atoms with van der Waals surface area (Å²) in [7, 11) is 0. The molecule has 2 fully saturated rings. The molecule has 2 unspecified atom stereocenters. The molecule has 0 bridgehead atoms. The number of nitrogens with one attached hydrogen (secondary N) is 1. The van der Waals surface area contributed by atoms with E-state index in [0.717, 1.165) is 19.2 Å². The Morgan fingerprint density at radius 1 is 1.38 bits per heavy atom. The summed E-state index contributed by atoms with van der Waals surface area (Å²) < 4.78 is 27.0. The Hall–Kier alpha value is -1.20. The van der Waals surface area contributed by atoms with Gasteiger partial charge in [-0.3, -0.25) is 4.79 Å². The average molecular weight is 317 g/mol. The second-order valence-electron chi connectivity index (χ2n) is 5.68. The molecular formula is C15H19ClF2N2O. The molecule has 1 aliphatic carbocycles. The van der Waals surface area contributed by atoms with Gasteiger partial charge in [-0.25, -0.2) is 8.78 Å². The Kier molecular flexibility index (Phi) is 4.84. The number of rotatable bonds is 2. The van der Waals surface area contributed by atoms with Gasteiger partial charge in [0.1, 0.15) is 0 Å². The van der Waals surface area contributed by atoms with Crippen LogP contribution in [0.4, 0.5) is 8.78 Å². The predicted octanol–water partition coefficient (Wildman–Crippen LogP) is 2.31. The molecule has 1 N–H and O–H groups in total. The van der Waals surface area contributed by atoms with Crippen LogP contribution in [0.25, 0.3) is 0 Å². The number of amides is 1. The second-order valence-corrected chi connectivity index (χ2v) is 5.68. The highest BCUT2D eigenvalue weighted by molar-refractivity contribution is 5.85. The van der Waals surface area contributed by atoms with Crippen molar-refractivity contribution in [3.8, 4) is 0 Å². The van der Waals surface area contributed by atoms with E-state index in [4.69, 9.17) is 0 Å². The van der Waals surface area contributed by atoms with E-state index in [9.17, 15) is 13.6 Å². The fourth-order valence-corrected chi connectivity index (χ4v) is 3.00. The Bertz CT molecular complexity index is 540. The van der Waals surface area contributed by atoms with Crippen LogP contribution in [0, 0.1) is 17.6 Å². The summed E-state index contributed by atoms with van der Waals surface area (Å²) in [5.74, 6) is -1.92. The number of piperazine rings is 1. The molecule has 0 radical (unpaired) electrons. The van der Waals surface area contributed by atoms with E-state index in [1.807, 2.05) is 11.8 Å². The smallest absolute Gasteiger partial charge is 0.226 e. The quantitative estimate of drug-likeness (QED) is 0.908. The summed E-state index contributed by atoms with van der Waals surface area (Å²) >= 11 is 0. The van der Waals surface area contributed by atoms with Crippen molar-refractivity contribution in [3.05, 3.63) is 35.4 Å². The second kappa shape index (κ2) is 6.28. The summed E-state index contributed by atoms with van der Waals surface area (Å²) in [6.45, 7) is 4.28. The van der Waals surface area contributed by atoms with Crippen molar-refractivity contribution in [2.75, 3.05) is 19.6 Å². The third kappa shape index (κ3) is 3.04. The fourth-order valence-electron chi connectivity index (χ4n) is 3.00. The Balaban J connectivity index is 0.00000161. The lowest BCUT2D eigenvalue weighted by Gasteiger charge is -2.34. The van der Waals surface area contributed by atoms with Gasteiger partial charge in [-0.05, 0) is 30.9 Å². The number of hydrogen-bond donors (Lipinski definition) is 1. The minimum atomic E-state index is -0.837. The predicted molar refractivity (Wildman–Crippen MR) is 78.5 cm³/mol. The van der Waals surface area contributed by atoms with E-state index in [1.54, 1.807) is 6.07 Å². The van der Waals surface area contributed by atoms with Crippen LogP contribution in [0.1, 0.15) is 24.8 Å². The lowest BCUT2D eigenvalue weighted by molar-refractivity contribution is -0.135. The number of nitrogens with zero attached hydrogens (tertiary/aromatic N) is 1. The van der Waals surface area contributed by atoms with Crippen LogP contribution in [-0.2, 0) is 4.79 Å². The third-order valence-electron chi connectivity index (χ3n) is 4.27. The molecule has 1 aromatic rings. The molecule has 1 saturated heterocycles. The molecule has 21 heavy (non-hydrogen) atoms. The normalized spacial score (nSPS) is 28.0. The van der Waals surface area contributed by atoms with Gasteiger partial charge < -0.3 is 10.2 Å². The molecule has 0 aromatic heterocycles. The van der Waals surface area contributed by atoms with Crippen molar-refractivity contribution in [2.24, 2.45) is 5.92 Å². The van der Waals surface area contributed by atoms with Gasteiger partial charge in [0.05, 0.1) is 0 Å². The molecule has 1 amide bonds. The van der Waals surface area contributed by atoms with Crippen LogP contribution in [0.15, 0.2) is 18.2 Å². The molecule has 1 aromatic carbocycles. The maximum atomic E-state index is 13.7. The zero-order chi connectivity index (χ0) is 14.3. The first-order valence-electron chi connectivity index (χ1n) is 7.04. The van der Waals surface area contributed by atoms with Crippen LogP contribution in [0.5, 0.6) is 0 Å². The largest absolute Gasteiger partial charge is 0.337 e. The van der Waals surface area contributed by atoms with E-state index in [-0.39, 0.29) is 36.2 Å². The Labute approximate surface area is 129 Å². The van der Waals surface area contributed by atoms with Crippen molar-refractivity contribution in [2.45, 2.75) is 25.3 Å². The third-order valence-corrected chi connectivity index (χ3v) is 4.27. The SMILES string of the molecule is C[C@@H]1CNCCN1C(=O)C1CC1c1cccc(F)c1F.Cl. The van der Waals surface area contributed by atoms with E-state index in [1.165, 1.54) is 6.07 Å². The van der Waals surface area contributed by atoms with E-state index < -0.39 is 11.6 Å². The summed E-state index contributed by atoms with van der Waals surface area (Å²) in [5.41, 5.74) is 0.339. The molecule has 3 atom stereocenters. The lowest BCUT2D eigenvalue weighted by Crippen LogP contribution is -2.52. The van der Waals surface area contributed by atoms with Crippen molar-refractivity contribution < 1.29 is 13.6 Å². The van der Waals surface area contributed by atoms with Crippen molar-refractivity contribution in [1.82, 2.24) is 10.2 Å². The summed E-state index contributed by atoms with van der Waals surface area (Å²) in [4.78, 5) is 14.3. The van der Waals surface area contributed by atoms with Crippen LogP contribution in [0.2, 0.25) is 0 Å². The minimum absolute atomic E-state index is 0. The van der Waals surface area contributed by atoms with Crippen molar-refractivity contribution in [1.29, 1.82) is 0 Å². The summed E-state index contributed by atoms with van der Waals surface area (Å²) in [6, 6.07) is 4.35. The Morgan fingerprint density at radius 2 is 2.14 bits per heavy atom. The van der Waals surface area contributed by atoms with Gasteiger partial charge in [-0.15, -0.1) is 12.4 Å². The highest BCUT2D eigenvalue weighted by Crippen LogP contribution is 2.49. The van der Waals surface area contributed by atoms with E-state index in [2.05, 4.69) is 5.32 Å². The van der Waals surface area contributed by atoms with Gasteiger partial charge in [0, 0.05) is 31.6 Å². The highest BCUT2D eigenvalue weighted by atomic mass is 35.5. The lowest BCUT2D eigenvalue weighted by atomic mass is 10.1. The molecular weight excluding hydrogens is 298 g/mol. The van der Waals surface area contributed by atoms with Gasteiger partial charge in [0.2, 0.25) is 5.91 Å². The first-order valence-corrected chi connectivity index (χ1v) is 7.04. The molecule has 1 heterocycles. The Morgan fingerprint density at radius 3 is 2.86 bits per heavy atom. The molecule has 0 spiro atoms. The number of carbonyl (C=O) groups excluding carboxylic acids is 1. The summed E-state index contributed by atoms with van der Waals surface area (Å²) in [5, 5.41) is 3.23. The number of benzene rings is 1. The van der Waals surface area contributed by atoms with Crippen LogP contribution in [0.3, 0.4) is 0 Å². The molecule has 6 heteroatoms. The van der Waals surface area contributed by atoms with Gasteiger partial charge in [-0.2, -0.15) is 0 Å². The van der Waals surface area contributed by atoms with Gasteiger partial charge in [0.25, 0.3) is 0 Å². The summed E-state index contributed by atoms with van der Waals surface area (Å²) in [6.07, 6.45) is 0.621. The first-order chi connectivity index (χ1) is 9.59. The van der Waals surface area contributed by atoms with E-state index >= 15 is 0 Å². The van der Waals surface area contributed by atoms with Crippen LogP contribution in [-0.4, -0.2) is 36.5 Å². The molecule has 3 rings (SSSR count). The van der Waals surface area contributed by atoms with Crippen molar-refractivity contribution in [3.63, 3.8) is 0 Å². The number of hydrogen-bond acceptors (Lipinski definition) is 2. The average Bonchev–Trinajstić information content (AvgIpc) is 3.22. The van der Waals surface area contributed by atoms with Gasteiger partial charge in [-0.1, -0.05) is 12.1 Å². The zero-order valence-electron chi connectivity index (χ0n) is 11.8. The van der Waals surface area contributed by atoms with Crippen molar-refractivity contribution >= 4 is 18.3 Å². The highest BCUT2D eigenvalue weighted by Gasteiger charge is 2.48. The fraction of sp³-hybridized carbons (Fsp3) is 0.533. The molecule has 1 saturated carbocycles. The topological polar surface area (TPSA) is 32.3 Å². The standard InChI is InChI=1S/C15H18F2N2O.ClH/c1-9-8-18-5-6-19(9)15(20)12-7-11(12)10-3-2-4-13(16)14(10)17;/h2-4,9,11-12,18H,5-8H2,1H3;1H/t9-,11?,12?;/m1./s1. The number of halogens is 3. The molecule has 116 valence electrons. The number of carbonyl (C=O) groups is 1. The van der Waals surface area contributed by atoms with E-state index in [0.29, 0.717) is 18.5 Å². The van der Waals surface area contributed by atoms with Gasteiger partial charge in [0.15, 0.2) is 11.6 Å². The monoisotopic (exact) mass is 316 g/mol. The van der Waals surface area contributed by atoms with Crippen LogP contribution < -0.4 is 5.32 Å². The maximum absolute atomic E-state index is 13.7. The first kappa shape index (κ1) is 16.2. The van der Waals surface area contributed by atoms with Crippen LogP contribution >= 0.6 is 12.4 Å². The van der Waals surface area contributed by atoms with Gasteiger partial charge >= 0.3 is 0 Å². The molecule has 3 nitrogen and oxygen atoms in total.